The van der Waals surface area contributed by atoms with E-state index in [0.717, 1.165) is 124 Å². The summed E-state index contributed by atoms with van der Waals surface area (Å²) in [6, 6.07) is 41.7. The van der Waals surface area contributed by atoms with Gasteiger partial charge < -0.3 is 31.9 Å². The van der Waals surface area contributed by atoms with Crippen LogP contribution in [-0.2, 0) is 0 Å². The van der Waals surface area contributed by atoms with Crippen molar-refractivity contribution in [2.24, 2.45) is 20.0 Å². The fourth-order valence-electron chi connectivity index (χ4n) is 6.04. The predicted octanol–water partition coefficient (Wildman–Crippen LogP) is 3.49. The highest BCUT2D eigenvalue weighted by atomic mass is 15.0. The number of hydrogen-bond donors (Lipinski definition) is 6. The van der Waals surface area contributed by atoms with Crippen LogP contribution < -0.4 is 31.9 Å². The Morgan fingerprint density at radius 3 is 0.630 bits per heavy atom. The standard InChI is InChI=1S/C44H58N10/c1-5-13-37(14-6-1)41-42(38-15-7-2-8-16-38)52-34-30-48-26-22-46-24-28-50-32-36-54-44(40-19-11-4-12-20-40)43(39-17-9-3-10-18-39)53-35-31-49-27-23-45-21-25-47-29-33-51-41/h1-20,45-50H,21-36H2. The van der Waals surface area contributed by atoms with Gasteiger partial charge in [-0.3, -0.25) is 20.0 Å². The van der Waals surface area contributed by atoms with Gasteiger partial charge in [-0.05, 0) is 0 Å². The van der Waals surface area contributed by atoms with E-state index < -0.39 is 0 Å². The van der Waals surface area contributed by atoms with Crippen molar-refractivity contribution < 1.29 is 0 Å². The first kappa shape index (κ1) is 40.5. The maximum absolute atomic E-state index is 5.11. The minimum absolute atomic E-state index is 0.665. The molecule has 0 fully saturated rings. The van der Waals surface area contributed by atoms with Crippen molar-refractivity contribution in [1.82, 2.24) is 31.9 Å². The third kappa shape index (κ3) is 14.6. The van der Waals surface area contributed by atoms with Gasteiger partial charge in [0.05, 0.1) is 49.0 Å². The molecule has 1 aliphatic heterocycles. The second-order valence-electron chi connectivity index (χ2n) is 12.9. The largest absolute Gasteiger partial charge is 0.314 e. The van der Waals surface area contributed by atoms with E-state index in [2.05, 4.69) is 129 Å². The molecular formula is C44H58N10. The van der Waals surface area contributed by atoms with Crippen molar-refractivity contribution in [3.63, 3.8) is 0 Å². The van der Waals surface area contributed by atoms with E-state index in [1.807, 2.05) is 24.3 Å². The Morgan fingerprint density at radius 2 is 0.426 bits per heavy atom. The molecule has 54 heavy (non-hydrogen) atoms. The van der Waals surface area contributed by atoms with Gasteiger partial charge in [0.15, 0.2) is 0 Å². The molecule has 6 N–H and O–H groups in total. The van der Waals surface area contributed by atoms with Crippen LogP contribution >= 0.6 is 0 Å². The van der Waals surface area contributed by atoms with Crippen molar-refractivity contribution in [2.75, 3.05) is 105 Å². The Labute approximate surface area is 322 Å². The van der Waals surface area contributed by atoms with Crippen molar-refractivity contribution in [2.45, 2.75) is 0 Å². The fourth-order valence-corrected chi connectivity index (χ4v) is 6.04. The van der Waals surface area contributed by atoms with Gasteiger partial charge in [0.25, 0.3) is 0 Å². The van der Waals surface area contributed by atoms with Gasteiger partial charge in [-0.1, -0.05) is 121 Å². The van der Waals surface area contributed by atoms with E-state index in [-0.39, 0.29) is 0 Å². The van der Waals surface area contributed by atoms with Crippen LogP contribution in [0.3, 0.4) is 0 Å². The van der Waals surface area contributed by atoms with Crippen LogP contribution in [-0.4, -0.2) is 128 Å². The summed E-state index contributed by atoms with van der Waals surface area (Å²) in [7, 11) is 0. The lowest BCUT2D eigenvalue weighted by molar-refractivity contribution is 0.586. The Morgan fingerprint density at radius 1 is 0.241 bits per heavy atom. The molecule has 4 aromatic carbocycles. The zero-order valence-corrected chi connectivity index (χ0v) is 31.6. The molecule has 0 radical (unpaired) electrons. The molecule has 0 aromatic heterocycles. The zero-order valence-electron chi connectivity index (χ0n) is 31.6. The molecule has 0 saturated heterocycles. The van der Waals surface area contributed by atoms with E-state index >= 15 is 0 Å². The van der Waals surface area contributed by atoms with E-state index in [4.69, 9.17) is 20.0 Å². The third-order valence-corrected chi connectivity index (χ3v) is 8.79. The van der Waals surface area contributed by atoms with Crippen LogP contribution in [0.15, 0.2) is 141 Å². The molecule has 0 spiro atoms. The topological polar surface area (TPSA) is 122 Å². The molecule has 10 nitrogen and oxygen atoms in total. The predicted molar refractivity (Wildman–Crippen MR) is 229 cm³/mol. The van der Waals surface area contributed by atoms with Crippen molar-refractivity contribution in [3.05, 3.63) is 144 Å². The molecule has 1 aliphatic rings. The summed E-state index contributed by atoms with van der Waals surface area (Å²) in [5, 5.41) is 21.3. The van der Waals surface area contributed by atoms with Gasteiger partial charge >= 0.3 is 0 Å². The molecule has 0 saturated carbocycles. The summed E-state index contributed by atoms with van der Waals surface area (Å²) in [4.78, 5) is 20.5. The van der Waals surface area contributed by atoms with Crippen molar-refractivity contribution in [1.29, 1.82) is 0 Å². The van der Waals surface area contributed by atoms with Crippen LogP contribution in [0.2, 0.25) is 0 Å². The average molecular weight is 727 g/mol. The van der Waals surface area contributed by atoms with Crippen molar-refractivity contribution >= 4 is 22.8 Å². The highest BCUT2D eigenvalue weighted by molar-refractivity contribution is 6.54. The van der Waals surface area contributed by atoms with Crippen LogP contribution in [0.1, 0.15) is 22.3 Å². The molecule has 284 valence electrons. The molecule has 0 unspecified atom stereocenters. The van der Waals surface area contributed by atoms with Crippen molar-refractivity contribution in [3.8, 4) is 0 Å². The minimum Gasteiger partial charge on any atom is -0.314 e. The van der Waals surface area contributed by atoms with E-state index in [1.165, 1.54) is 0 Å². The van der Waals surface area contributed by atoms with Crippen LogP contribution in [0, 0.1) is 0 Å². The number of benzene rings is 4. The lowest BCUT2D eigenvalue weighted by Gasteiger charge is -2.13. The monoisotopic (exact) mass is 726 g/mol. The number of nitrogens with one attached hydrogen (secondary N) is 6. The molecule has 0 atom stereocenters. The maximum atomic E-state index is 5.11. The molecule has 0 bridgehead atoms. The first-order valence-corrected chi connectivity index (χ1v) is 19.5. The molecular weight excluding hydrogens is 669 g/mol. The van der Waals surface area contributed by atoms with Gasteiger partial charge in [-0.15, -0.1) is 0 Å². The first-order valence-electron chi connectivity index (χ1n) is 19.5. The van der Waals surface area contributed by atoms with Crippen LogP contribution in [0.4, 0.5) is 0 Å². The molecule has 0 aliphatic carbocycles. The average Bonchev–Trinajstić information content (AvgIpc) is 3.23. The van der Waals surface area contributed by atoms with E-state index in [0.29, 0.717) is 26.2 Å². The van der Waals surface area contributed by atoms with E-state index in [1.54, 1.807) is 0 Å². The highest BCUT2D eigenvalue weighted by Gasteiger charge is 2.15. The number of nitrogens with zero attached hydrogens (tertiary/aromatic N) is 4. The molecule has 0 amide bonds. The normalized spacial score (nSPS) is 17.9. The maximum Gasteiger partial charge on any atom is 0.0905 e. The van der Waals surface area contributed by atoms with E-state index in [9.17, 15) is 0 Å². The lowest BCUT2D eigenvalue weighted by atomic mass is 9.99. The molecule has 4 aromatic rings. The summed E-state index contributed by atoms with van der Waals surface area (Å²) in [5.41, 5.74) is 8.06. The smallest absolute Gasteiger partial charge is 0.0905 e. The molecule has 10 heteroatoms. The Hall–Kier alpha value is -4.68. The number of hydrogen-bond acceptors (Lipinski definition) is 10. The summed E-state index contributed by atoms with van der Waals surface area (Å²) in [6.07, 6.45) is 0. The first-order chi connectivity index (χ1) is 26.9. The number of rotatable bonds is 4. The Kier molecular flexibility index (Phi) is 19.0. The summed E-state index contributed by atoms with van der Waals surface area (Å²) >= 11 is 0. The number of aliphatic imine (C=N–C) groups is 4. The van der Waals surface area contributed by atoms with Gasteiger partial charge in [-0.25, -0.2) is 0 Å². The third-order valence-electron chi connectivity index (χ3n) is 8.79. The second-order valence-corrected chi connectivity index (χ2v) is 12.9. The summed E-state index contributed by atoms with van der Waals surface area (Å²) in [6.45, 7) is 12.9. The summed E-state index contributed by atoms with van der Waals surface area (Å²) < 4.78 is 0. The second kappa shape index (κ2) is 25.4. The quantitative estimate of drug-likeness (QED) is 0.192. The van der Waals surface area contributed by atoms with Gasteiger partial charge in [0.2, 0.25) is 0 Å². The van der Waals surface area contributed by atoms with Gasteiger partial charge in [0, 0.05) is 101 Å². The minimum atomic E-state index is 0.665. The fraction of sp³-hybridized carbons (Fsp3) is 0.364. The van der Waals surface area contributed by atoms with Gasteiger partial charge in [0.1, 0.15) is 0 Å². The molecule has 5 rings (SSSR count). The van der Waals surface area contributed by atoms with Crippen LogP contribution in [0.5, 0.6) is 0 Å². The Balaban J connectivity index is 1.22. The van der Waals surface area contributed by atoms with Gasteiger partial charge in [-0.2, -0.15) is 0 Å². The zero-order chi connectivity index (χ0) is 37.1. The Bertz CT molecular complexity index is 1450. The highest BCUT2D eigenvalue weighted by Crippen LogP contribution is 2.12. The summed E-state index contributed by atoms with van der Waals surface area (Å²) in [5.74, 6) is 0. The lowest BCUT2D eigenvalue weighted by Crippen LogP contribution is -2.34. The van der Waals surface area contributed by atoms with Crippen LogP contribution in [0.25, 0.3) is 0 Å². The molecule has 1 heterocycles. The SMILES string of the molecule is c1ccc(C2=NCCNCCNCCNCCN=C(c3ccccc3)C(c3ccccc3)=NCCNCCNCCNCCN=C2c2ccccc2)cc1.